The molecule has 0 unspecified atom stereocenters. The fourth-order valence-electron chi connectivity index (χ4n) is 1.89. The largest absolute Gasteiger partial charge is 0.367 e. The zero-order valence-corrected chi connectivity index (χ0v) is 11.4. The van der Waals surface area contributed by atoms with E-state index in [-0.39, 0.29) is 0 Å². The molecule has 2 heterocycles. The van der Waals surface area contributed by atoms with Crippen LogP contribution >= 0.6 is 11.6 Å². The monoisotopic (exact) mass is 261 g/mol. The van der Waals surface area contributed by atoms with Crippen LogP contribution < -0.4 is 4.90 Å². The van der Waals surface area contributed by atoms with E-state index in [4.69, 9.17) is 11.6 Å². The topological polar surface area (TPSA) is 29.0 Å². The molecule has 0 radical (unpaired) electrons. The van der Waals surface area contributed by atoms with Crippen molar-refractivity contribution in [3.8, 4) is 0 Å². The first-order valence-corrected chi connectivity index (χ1v) is 6.36. The van der Waals surface area contributed by atoms with Crippen molar-refractivity contribution in [1.29, 1.82) is 0 Å². The van der Waals surface area contributed by atoms with Gasteiger partial charge in [-0.1, -0.05) is 6.07 Å². The highest BCUT2D eigenvalue weighted by Crippen LogP contribution is 2.20. The number of hydrogen-bond acceptors (Lipinski definition) is 3. The first-order valence-electron chi connectivity index (χ1n) is 5.83. The quantitative estimate of drug-likeness (QED) is 0.792. The van der Waals surface area contributed by atoms with Gasteiger partial charge in [0.1, 0.15) is 0 Å². The Bertz CT molecular complexity index is 528. The summed E-state index contributed by atoms with van der Waals surface area (Å²) in [6.07, 6.45) is 3.60. The zero-order chi connectivity index (χ0) is 13.0. The molecule has 0 aliphatic heterocycles. The fraction of sp³-hybridized carbons (Fsp3) is 0.286. The average molecular weight is 262 g/mol. The molecule has 2 aromatic heterocycles. The van der Waals surface area contributed by atoms with Crippen molar-refractivity contribution < 1.29 is 0 Å². The molecule has 4 heteroatoms. The van der Waals surface area contributed by atoms with Crippen LogP contribution in [0, 0.1) is 6.92 Å². The van der Waals surface area contributed by atoms with E-state index in [0.717, 1.165) is 29.2 Å². The molecule has 0 aromatic carbocycles. The highest BCUT2D eigenvalue weighted by atomic mass is 35.5. The maximum Gasteiger partial charge on any atom is 0.0600 e. The lowest BCUT2D eigenvalue weighted by Gasteiger charge is -2.21. The van der Waals surface area contributed by atoms with Gasteiger partial charge in [0.2, 0.25) is 0 Å². The number of aromatic nitrogens is 2. The Morgan fingerprint density at radius 1 is 1.28 bits per heavy atom. The lowest BCUT2D eigenvalue weighted by atomic mass is 10.2. The average Bonchev–Trinajstić information content (AvgIpc) is 2.38. The van der Waals surface area contributed by atoms with Crippen molar-refractivity contribution in [1.82, 2.24) is 9.97 Å². The molecule has 0 amide bonds. The van der Waals surface area contributed by atoms with Crippen LogP contribution in [0.3, 0.4) is 0 Å². The number of aryl methyl sites for hydroxylation is 1. The van der Waals surface area contributed by atoms with Gasteiger partial charge in [-0.25, -0.2) is 0 Å². The van der Waals surface area contributed by atoms with Crippen molar-refractivity contribution in [2.24, 2.45) is 0 Å². The second-order valence-electron chi connectivity index (χ2n) is 4.26. The van der Waals surface area contributed by atoms with Gasteiger partial charge in [-0.2, -0.15) is 0 Å². The molecular formula is C14H16ClN3. The van der Waals surface area contributed by atoms with E-state index in [1.165, 1.54) is 0 Å². The summed E-state index contributed by atoms with van der Waals surface area (Å²) in [5, 5.41) is 0. The van der Waals surface area contributed by atoms with Crippen LogP contribution in [0.5, 0.6) is 0 Å². The van der Waals surface area contributed by atoms with E-state index in [0.29, 0.717) is 5.88 Å². The Labute approximate surface area is 112 Å². The molecule has 0 aliphatic carbocycles. The van der Waals surface area contributed by atoms with Gasteiger partial charge in [-0.15, -0.1) is 11.6 Å². The Kier molecular flexibility index (Phi) is 4.15. The Balaban J connectivity index is 2.19. The number of rotatable bonds is 4. The van der Waals surface area contributed by atoms with Crippen LogP contribution in [0.1, 0.15) is 17.0 Å². The summed E-state index contributed by atoms with van der Waals surface area (Å²) in [5.41, 5.74) is 4.21. The van der Waals surface area contributed by atoms with E-state index in [9.17, 15) is 0 Å². The Hall–Kier alpha value is -1.61. The number of halogens is 1. The summed E-state index contributed by atoms with van der Waals surface area (Å²) in [7, 11) is 2.02. The summed E-state index contributed by atoms with van der Waals surface area (Å²) in [5.74, 6) is 0.490. The summed E-state index contributed by atoms with van der Waals surface area (Å²) in [4.78, 5) is 10.8. The lowest BCUT2D eigenvalue weighted by Crippen LogP contribution is -2.19. The van der Waals surface area contributed by atoms with Gasteiger partial charge in [-0.3, -0.25) is 9.97 Å². The molecule has 0 bridgehead atoms. The molecule has 3 nitrogen and oxygen atoms in total. The predicted molar refractivity (Wildman–Crippen MR) is 74.9 cm³/mol. The van der Waals surface area contributed by atoms with Gasteiger partial charge in [-0.05, 0) is 30.7 Å². The van der Waals surface area contributed by atoms with Crippen molar-refractivity contribution in [3.05, 3.63) is 53.6 Å². The van der Waals surface area contributed by atoms with Crippen LogP contribution in [-0.4, -0.2) is 17.0 Å². The molecule has 0 aliphatic rings. The van der Waals surface area contributed by atoms with Gasteiger partial charge >= 0.3 is 0 Å². The summed E-state index contributed by atoms with van der Waals surface area (Å²) in [6.45, 7) is 2.75. The van der Waals surface area contributed by atoms with Gasteiger partial charge in [0, 0.05) is 24.8 Å². The molecule has 0 saturated heterocycles. The third kappa shape index (κ3) is 2.99. The molecule has 0 N–H and O–H groups in total. The van der Waals surface area contributed by atoms with E-state index in [2.05, 4.69) is 14.9 Å². The molecule has 2 aromatic rings. The van der Waals surface area contributed by atoms with Crippen LogP contribution in [0.15, 0.2) is 36.7 Å². The van der Waals surface area contributed by atoms with Gasteiger partial charge < -0.3 is 4.90 Å². The third-order valence-corrected chi connectivity index (χ3v) is 3.08. The summed E-state index contributed by atoms with van der Waals surface area (Å²) in [6, 6.07) is 8.00. The van der Waals surface area contributed by atoms with Gasteiger partial charge in [0.15, 0.2) is 0 Å². The fourth-order valence-corrected chi connectivity index (χ4v) is 2.11. The predicted octanol–water partition coefficient (Wildman–Crippen LogP) is 3.16. The molecule has 0 atom stereocenters. The normalized spacial score (nSPS) is 10.4. The number of pyridine rings is 2. The van der Waals surface area contributed by atoms with E-state index in [1.54, 1.807) is 6.20 Å². The minimum absolute atomic E-state index is 0.490. The molecule has 0 fully saturated rings. The van der Waals surface area contributed by atoms with Crippen LogP contribution in [0.4, 0.5) is 5.69 Å². The van der Waals surface area contributed by atoms with Gasteiger partial charge in [0.25, 0.3) is 0 Å². The van der Waals surface area contributed by atoms with E-state index < -0.39 is 0 Å². The molecule has 0 saturated carbocycles. The van der Waals surface area contributed by atoms with Crippen molar-refractivity contribution >= 4 is 17.3 Å². The lowest BCUT2D eigenvalue weighted by molar-refractivity contribution is 0.868. The van der Waals surface area contributed by atoms with Crippen molar-refractivity contribution in [2.75, 3.05) is 11.9 Å². The van der Waals surface area contributed by atoms with Crippen LogP contribution in [0.25, 0.3) is 0 Å². The second-order valence-corrected chi connectivity index (χ2v) is 4.53. The van der Waals surface area contributed by atoms with E-state index in [1.807, 2.05) is 44.4 Å². The molecule has 94 valence electrons. The number of nitrogens with zero attached hydrogens (tertiary/aromatic N) is 3. The van der Waals surface area contributed by atoms with Crippen molar-refractivity contribution in [2.45, 2.75) is 19.3 Å². The maximum atomic E-state index is 5.93. The standard InChI is InChI=1S/C14H16ClN3/c1-11-4-3-5-13(17-11)10-18(2)14-9-16-7-6-12(14)8-15/h3-7,9H,8,10H2,1-2H3. The highest BCUT2D eigenvalue weighted by Gasteiger charge is 2.08. The molecular weight excluding hydrogens is 246 g/mol. The summed E-state index contributed by atoms with van der Waals surface area (Å²) >= 11 is 5.93. The number of hydrogen-bond donors (Lipinski definition) is 0. The van der Waals surface area contributed by atoms with Crippen LogP contribution in [0.2, 0.25) is 0 Å². The maximum absolute atomic E-state index is 5.93. The third-order valence-electron chi connectivity index (χ3n) is 2.79. The Morgan fingerprint density at radius 3 is 2.83 bits per heavy atom. The molecule has 18 heavy (non-hydrogen) atoms. The highest BCUT2D eigenvalue weighted by molar-refractivity contribution is 6.17. The second kappa shape index (κ2) is 5.83. The first-order chi connectivity index (χ1) is 8.70. The number of anilines is 1. The SMILES string of the molecule is Cc1cccc(CN(C)c2cnccc2CCl)n1. The van der Waals surface area contributed by atoms with E-state index >= 15 is 0 Å². The minimum Gasteiger partial charge on any atom is -0.367 e. The number of alkyl halides is 1. The smallest absolute Gasteiger partial charge is 0.0600 e. The summed E-state index contributed by atoms with van der Waals surface area (Å²) < 4.78 is 0. The molecule has 2 rings (SSSR count). The Morgan fingerprint density at radius 2 is 2.11 bits per heavy atom. The first kappa shape index (κ1) is 12.8. The van der Waals surface area contributed by atoms with Crippen molar-refractivity contribution in [3.63, 3.8) is 0 Å². The van der Waals surface area contributed by atoms with Crippen LogP contribution in [-0.2, 0) is 12.4 Å². The minimum atomic E-state index is 0.490. The molecule has 0 spiro atoms. The van der Waals surface area contributed by atoms with Gasteiger partial charge in [0.05, 0.1) is 24.1 Å². The zero-order valence-electron chi connectivity index (χ0n) is 10.6.